The van der Waals surface area contributed by atoms with Crippen molar-refractivity contribution in [2.45, 2.75) is 70.6 Å². The van der Waals surface area contributed by atoms with E-state index in [-0.39, 0.29) is 23.8 Å². The van der Waals surface area contributed by atoms with E-state index >= 15 is 0 Å². The summed E-state index contributed by atoms with van der Waals surface area (Å²) in [6.45, 7) is 10.9. The molecule has 0 saturated heterocycles. The molecule has 43 heavy (non-hydrogen) atoms. The number of fused-ring (bicyclic) bond motifs is 2. The zero-order chi connectivity index (χ0) is 31.2. The van der Waals surface area contributed by atoms with E-state index in [0.29, 0.717) is 6.54 Å². The van der Waals surface area contributed by atoms with Crippen LogP contribution in [0.4, 0.5) is 5.69 Å². The molecule has 228 valence electrons. The Balaban J connectivity index is 0.000000641. The number of ether oxygens (including phenoxy) is 1. The van der Waals surface area contributed by atoms with Gasteiger partial charge in [0.15, 0.2) is 12.3 Å². The number of nitrogens with two attached hydrogens (primary N) is 2. The van der Waals surface area contributed by atoms with Crippen LogP contribution in [0, 0.1) is 0 Å². The molecule has 0 amide bonds. The number of halogens is 1. The molecule has 3 aliphatic rings. The van der Waals surface area contributed by atoms with Crippen LogP contribution in [0.3, 0.4) is 0 Å². The standard InChI is InChI=1S/C33H38ClN2O.C3H7NO2/c1-32(2)25-13-5-7-15-27(25)36(22-10-21-35)29(32)19-17-23-11-9-12-24(31(23)34)18-20-30-33(3,4)26-14-6-8-16-28(26)37-30;4-2-1-3(5)6/h5-8,13-20H,9-12,21-22,35H2,1-4H3;1-2,4H2,(H,5,6)/q+1;/b19-17+,24-18+,30-20?;. The van der Waals surface area contributed by atoms with E-state index in [4.69, 9.17) is 32.9 Å². The van der Waals surface area contributed by atoms with Crippen LogP contribution < -0.4 is 16.2 Å². The molecule has 0 aromatic heterocycles. The van der Waals surface area contributed by atoms with Gasteiger partial charge < -0.3 is 21.3 Å². The zero-order valence-corrected chi connectivity index (χ0v) is 26.6. The van der Waals surface area contributed by atoms with Gasteiger partial charge in [0.05, 0.1) is 17.3 Å². The second-order valence-corrected chi connectivity index (χ2v) is 12.6. The number of nitrogens with zero attached hydrogens (tertiary/aromatic N) is 1. The van der Waals surface area contributed by atoms with Crippen LogP contribution in [-0.4, -0.2) is 41.0 Å². The third-order valence-electron chi connectivity index (χ3n) is 8.47. The van der Waals surface area contributed by atoms with Crippen molar-refractivity contribution in [3.05, 3.63) is 106 Å². The topological polar surface area (TPSA) is 102 Å². The molecule has 2 heterocycles. The van der Waals surface area contributed by atoms with E-state index in [0.717, 1.165) is 48.8 Å². The highest BCUT2D eigenvalue weighted by molar-refractivity contribution is 6.32. The smallest absolute Gasteiger partial charge is 0.304 e. The van der Waals surface area contributed by atoms with Crippen LogP contribution in [0.25, 0.3) is 0 Å². The van der Waals surface area contributed by atoms with Crippen molar-refractivity contribution in [1.82, 2.24) is 0 Å². The maximum Gasteiger partial charge on any atom is 0.304 e. The third kappa shape index (κ3) is 7.04. The molecule has 0 unspecified atom stereocenters. The maximum absolute atomic E-state index is 9.52. The summed E-state index contributed by atoms with van der Waals surface area (Å²) in [5.74, 6) is 1.07. The average molecular weight is 603 g/mol. The molecule has 7 heteroatoms. The van der Waals surface area contributed by atoms with E-state index in [1.165, 1.54) is 33.7 Å². The van der Waals surface area contributed by atoms with Gasteiger partial charge in [0, 0.05) is 41.3 Å². The summed E-state index contributed by atoms with van der Waals surface area (Å²) in [7, 11) is 0. The summed E-state index contributed by atoms with van der Waals surface area (Å²) in [6.07, 6.45) is 12.9. The van der Waals surface area contributed by atoms with Crippen molar-refractivity contribution in [2.24, 2.45) is 11.5 Å². The second kappa shape index (κ2) is 13.9. The number of carboxylic acids is 1. The highest BCUT2D eigenvalue weighted by atomic mass is 35.5. The molecular weight excluding hydrogens is 558 g/mol. The van der Waals surface area contributed by atoms with E-state index in [2.05, 4.69) is 93.0 Å². The van der Waals surface area contributed by atoms with Gasteiger partial charge in [-0.1, -0.05) is 60.2 Å². The molecular formula is C36H45ClN3O3+. The summed E-state index contributed by atoms with van der Waals surface area (Å²) in [5.41, 5.74) is 18.0. The molecule has 2 aliphatic heterocycles. The lowest BCUT2D eigenvalue weighted by molar-refractivity contribution is -0.437. The van der Waals surface area contributed by atoms with Crippen molar-refractivity contribution in [3.8, 4) is 5.75 Å². The molecule has 1 aliphatic carbocycles. The minimum atomic E-state index is -0.836. The Morgan fingerprint density at radius 2 is 1.65 bits per heavy atom. The van der Waals surface area contributed by atoms with Crippen LogP contribution in [-0.2, 0) is 15.6 Å². The molecule has 0 radical (unpaired) electrons. The lowest BCUT2D eigenvalue weighted by Gasteiger charge is -2.19. The van der Waals surface area contributed by atoms with Crippen LogP contribution in [0.15, 0.2) is 94.8 Å². The largest absolute Gasteiger partial charge is 0.481 e. The number of carboxylic acid groups (broad SMARTS) is 1. The van der Waals surface area contributed by atoms with Crippen LogP contribution in [0.1, 0.15) is 70.9 Å². The van der Waals surface area contributed by atoms with E-state index in [1.54, 1.807) is 0 Å². The Bertz CT molecular complexity index is 1510. The lowest BCUT2D eigenvalue weighted by Crippen LogP contribution is -2.28. The Kier molecular flexibility index (Phi) is 10.5. The fraction of sp³-hybridized carbons (Fsp3) is 0.389. The van der Waals surface area contributed by atoms with Crippen LogP contribution in [0.2, 0.25) is 0 Å². The predicted molar refractivity (Wildman–Crippen MR) is 176 cm³/mol. The third-order valence-corrected chi connectivity index (χ3v) is 8.96. The highest BCUT2D eigenvalue weighted by Gasteiger charge is 2.44. The molecule has 2 aromatic rings. The van der Waals surface area contributed by atoms with E-state index in [9.17, 15) is 4.79 Å². The maximum atomic E-state index is 9.52. The molecule has 0 spiro atoms. The molecule has 0 saturated carbocycles. The minimum Gasteiger partial charge on any atom is -0.481 e. The lowest BCUT2D eigenvalue weighted by atomic mass is 9.81. The van der Waals surface area contributed by atoms with Gasteiger partial charge in [-0.15, -0.1) is 0 Å². The average Bonchev–Trinajstić information content (AvgIpc) is 3.36. The Labute approximate surface area is 261 Å². The first-order valence-electron chi connectivity index (χ1n) is 15.1. The summed E-state index contributed by atoms with van der Waals surface area (Å²) in [5, 5.41) is 8.70. The molecule has 0 fully saturated rings. The predicted octanol–water partition coefficient (Wildman–Crippen LogP) is 7.24. The summed E-state index contributed by atoms with van der Waals surface area (Å²) in [4.78, 5) is 9.52. The number of benzene rings is 2. The molecule has 2 aromatic carbocycles. The van der Waals surface area contributed by atoms with Crippen molar-refractivity contribution in [3.63, 3.8) is 0 Å². The van der Waals surface area contributed by atoms with Gasteiger partial charge in [-0.25, -0.2) is 0 Å². The summed E-state index contributed by atoms with van der Waals surface area (Å²) < 4.78 is 8.65. The number of carbonyl (C=O) groups is 1. The Morgan fingerprint density at radius 1 is 0.953 bits per heavy atom. The van der Waals surface area contributed by atoms with Gasteiger partial charge in [0.2, 0.25) is 5.69 Å². The van der Waals surface area contributed by atoms with Gasteiger partial charge >= 0.3 is 5.97 Å². The van der Waals surface area contributed by atoms with Crippen LogP contribution >= 0.6 is 11.6 Å². The van der Waals surface area contributed by atoms with Crippen molar-refractivity contribution < 1.29 is 19.2 Å². The first kappa shape index (κ1) is 32.5. The first-order valence-corrected chi connectivity index (χ1v) is 15.5. The number of hydrogen-bond donors (Lipinski definition) is 3. The van der Waals surface area contributed by atoms with Crippen molar-refractivity contribution >= 4 is 29.0 Å². The van der Waals surface area contributed by atoms with Gasteiger partial charge in [-0.2, -0.15) is 4.58 Å². The number of hydrogen-bond acceptors (Lipinski definition) is 4. The van der Waals surface area contributed by atoms with Gasteiger partial charge in [0.25, 0.3) is 0 Å². The van der Waals surface area contributed by atoms with E-state index < -0.39 is 5.97 Å². The normalized spacial score (nSPS) is 20.3. The SMILES string of the molecule is CC1(C)C(=C/C=C2\CCCC(/C=C/C3=[N+](CCCN)c4ccccc4C3(C)C)=C2Cl)Oc2ccccc21.NCCC(=O)O. The van der Waals surface area contributed by atoms with E-state index in [1.807, 2.05) is 12.1 Å². The first-order chi connectivity index (χ1) is 20.5. The molecule has 0 atom stereocenters. The van der Waals surface area contributed by atoms with Crippen LogP contribution in [0.5, 0.6) is 5.75 Å². The second-order valence-electron chi connectivity index (χ2n) is 12.2. The molecule has 0 bridgehead atoms. The Morgan fingerprint density at radius 3 is 2.30 bits per heavy atom. The number of rotatable bonds is 8. The number of para-hydroxylation sites is 2. The fourth-order valence-corrected chi connectivity index (χ4v) is 6.33. The van der Waals surface area contributed by atoms with Crippen molar-refractivity contribution in [1.29, 1.82) is 0 Å². The van der Waals surface area contributed by atoms with Gasteiger partial charge in [0.1, 0.15) is 11.5 Å². The Hall–Kier alpha value is -3.45. The van der Waals surface area contributed by atoms with Gasteiger partial charge in [-0.3, -0.25) is 4.79 Å². The molecule has 5 N–H and O–H groups in total. The quantitative estimate of drug-likeness (QED) is 0.276. The number of allylic oxidation sites excluding steroid dienone is 8. The minimum absolute atomic E-state index is 0.0694. The van der Waals surface area contributed by atoms with Crippen molar-refractivity contribution in [2.75, 3.05) is 19.6 Å². The summed E-state index contributed by atoms with van der Waals surface area (Å²) in [6, 6.07) is 17.0. The highest BCUT2D eigenvalue weighted by Crippen LogP contribution is 2.45. The molecule has 6 nitrogen and oxygen atoms in total. The monoisotopic (exact) mass is 602 g/mol. The zero-order valence-electron chi connectivity index (χ0n) is 25.8. The van der Waals surface area contributed by atoms with Gasteiger partial charge in [-0.05, 0) is 76.8 Å². The summed E-state index contributed by atoms with van der Waals surface area (Å²) >= 11 is 7.01. The fourth-order valence-electron chi connectivity index (χ4n) is 6.01. The molecule has 5 rings (SSSR count). The number of aliphatic carboxylic acids is 1.